The lowest BCUT2D eigenvalue weighted by Gasteiger charge is -2.06. The predicted molar refractivity (Wildman–Crippen MR) is 78.2 cm³/mol. The largest absolute Gasteiger partial charge is 0.396 e. The monoisotopic (exact) mass is 265 g/mol. The van der Waals surface area contributed by atoms with Crippen LogP contribution in [0.25, 0.3) is 0 Å². The van der Waals surface area contributed by atoms with Gasteiger partial charge in [0.1, 0.15) is 0 Å². The molecule has 1 unspecified atom stereocenters. The minimum atomic E-state index is 0. The van der Waals surface area contributed by atoms with Crippen LogP contribution >= 0.6 is 11.6 Å². The van der Waals surface area contributed by atoms with Crippen molar-refractivity contribution in [2.75, 3.05) is 6.61 Å². The predicted octanol–water partition coefficient (Wildman–Crippen LogP) is 5.06. The van der Waals surface area contributed by atoms with Crippen LogP contribution in [0.1, 0.15) is 77.6 Å². The van der Waals surface area contributed by atoms with Crippen molar-refractivity contribution in [2.45, 2.75) is 82.9 Å². The molecule has 0 bridgehead atoms. The molecule has 2 nitrogen and oxygen atoms in total. The number of halogens is 1. The van der Waals surface area contributed by atoms with Gasteiger partial charge in [-0.2, -0.15) is 0 Å². The molecule has 106 valence electrons. The average molecular weight is 266 g/mol. The molecule has 0 aromatic heterocycles. The van der Waals surface area contributed by atoms with Crippen LogP contribution in [0.4, 0.5) is 0 Å². The van der Waals surface area contributed by atoms with E-state index in [4.69, 9.17) is 16.7 Å². The summed E-state index contributed by atoms with van der Waals surface area (Å²) in [6.45, 7) is 2.49. The molecule has 0 heterocycles. The van der Waals surface area contributed by atoms with E-state index in [9.17, 15) is 0 Å². The summed E-state index contributed by atoms with van der Waals surface area (Å²) in [6.07, 6.45) is 14.1. The van der Waals surface area contributed by atoms with E-state index < -0.39 is 0 Å². The second-order valence-corrected chi connectivity index (χ2v) is 5.34. The molecule has 0 spiro atoms. The van der Waals surface area contributed by atoms with Crippen molar-refractivity contribution < 1.29 is 5.11 Å². The van der Waals surface area contributed by atoms with Crippen molar-refractivity contribution in [1.82, 2.24) is 6.15 Å². The molecule has 0 aliphatic carbocycles. The van der Waals surface area contributed by atoms with E-state index >= 15 is 0 Å². The molecule has 0 saturated carbocycles. The highest BCUT2D eigenvalue weighted by atomic mass is 35.5. The van der Waals surface area contributed by atoms with Gasteiger partial charge < -0.3 is 11.3 Å². The molecule has 4 N–H and O–H groups in total. The Morgan fingerprint density at radius 3 is 1.76 bits per heavy atom. The third-order valence-corrected chi connectivity index (χ3v) is 3.50. The number of alkyl halides is 1. The Bertz CT molecular complexity index is 133. The molecule has 0 rings (SSSR count). The first-order valence-electron chi connectivity index (χ1n) is 7.06. The number of hydrogen-bond acceptors (Lipinski definition) is 2. The van der Waals surface area contributed by atoms with Gasteiger partial charge in [0.15, 0.2) is 0 Å². The second-order valence-electron chi connectivity index (χ2n) is 4.73. The summed E-state index contributed by atoms with van der Waals surface area (Å²) < 4.78 is 0. The zero-order chi connectivity index (χ0) is 12.1. The highest BCUT2D eigenvalue weighted by Crippen LogP contribution is 2.14. The molecule has 0 aromatic carbocycles. The first-order valence-corrected chi connectivity index (χ1v) is 7.49. The van der Waals surface area contributed by atoms with Crippen LogP contribution in [0.2, 0.25) is 0 Å². The summed E-state index contributed by atoms with van der Waals surface area (Å²) >= 11 is 6.02. The summed E-state index contributed by atoms with van der Waals surface area (Å²) in [7, 11) is 0. The van der Waals surface area contributed by atoms with Crippen LogP contribution in [0.3, 0.4) is 0 Å². The average Bonchev–Trinajstić information content (AvgIpc) is 2.27. The smallest absolute Gasteiger partial charge is 0.0445 e. The van der Waals surface area contributed by atoms with Gasteiger partial charge in [-0.25, -0.2) is 0 Å². The molecule has 0 fully saturated rings. The van der Waals surface area contributed by atoms with Crippen molar-refractivity contribution in [2.24, 2.45) is 0 Å². The first kappa shape index (κ1) is 19.5. The quantitative estimate of drug-likeness (QED) is 0.383. The van der Waals surface area contributed by atoms with Gasteiger partial charge >= 0.3 is 0 Å². The van der Waals surface area contributed by atoms with Gasteiger partial charge in [-0.3, -0.25) is 0 Å². The molecule has 0 amide bonds. The van der Waals surface area contributed by atoms with Crippen molar-refractivity contribution in [3.63, 3.8) is 0 Å². The van der Waals surface area contributed by atoms with Gasteiger partial charge in [-0.1, -0.05) is 64.7 Å². The molecule has 0 aromatic rings. The molecule has 1 atom stereocenters. The maximum Gasteiger partial charge on any atom is 0.0445 e. The van der Waals surface area contributed by atoms with Crippen molar-refractivity contribution in [3.8, 4) is 0 Å². The SMILES string of the molecule is CCCCCCCCCCCC(Cl)CCO.N. The molecule has 17 heavy (non-hydrogen) atoms. The summed E-state index contributed by atoms with van der Waals surface area (Å²) in [5, 5.41) is 8.89. The zero-order valence-electron chi connectivity index (χ0n) is 11.6. The third kappa shape index (κ3) is 16.2. The fourth-order valence-corrected chi connectivity index (χ4v) is 2.21. The standard InChI is InChI=1S/C14H29ClO.H3N/c1-2-3-4-5-6-7-8-9-10-11-14(15)12-13-16;/h14,16H,2-13H2,1H3;1H3. The summed E-state index contributed by atoms with van der Waals surface area (Å²) in [6, 6.07) is 0. The molecule has 0 radical (unpaired) electrons. The normalized spacial score (nSPS) is 12.2. The molecular weight excluding hydrogens is 234 g/mol. The maximum atomic E-state index is 8.70. The molecule has 0 aliphatic rings. The Hall–Kier alpha value is 0.210. The number of rotatable bonds is 12. The summed E-state index contributed by atoms with van der Waals surface area (Å²) in [4.78, 5) is 0. The topological polar surface area (TPSA) is 55.2 Å². The number of hydrogen-bond donors (Lipinski definition) is 2. The van der Waals surface area contributed by atoms with Crippen molar-refractivity contribution >= 4 is 11.6 Å². The molecule has 3 heteroatoms. The van der Waals surface area contributed by atoms with Crippen LogP contribution in [0, 0.1) is 0 Å². The highest BCUT2D eigenvalue weighted by molar-refractivity contribution is 6.20. The number of unbranched alkanes of at least 4 members (excludes halogenated alkanes) is 8. The third-order valence-electron chi connectivity index (χ3n) is 3.06. The van der Waals surface area contributed by atoms with Crippen molar-refractivity contribution in [3.05, 3.63) is 0 Å². The van der Waals surface area contributed by atoms with Crippen LogP contribution in [0.5, 0.6) is 0 Å². The molecule has 0 aliphatic heterocycles. The number of aliphatic hydroxyl groups excluding tert-OH is 1. The van der Waals surface area contributed by atoms with Crippen LogP contribution < -0.4 is 6.15 Å². The van der Waals surface area contributed by atoms with Gasteiger partial charge in [0.05, 0.1) is 0 Å². The van der Waals surface area contributed by atoms with Crippen molar-refractivity contribution in [1.29, 1.82) is 0 Å². The lowest BCUT2D eigenvalue weighted by Crippen LogP contribution is -2.01. The highest BCUT2D eigenvalue weighted by Gasteiger charge is 2.02. The van der Waals surface area contributed by atoms with Gasteiger partial charge in [0.25, 0.3) is 0 Å². The molecular formula is C14H32ClNO. The van der Waals surface area contributed by atoms with E-state index in [2.05, 4.69) is 6.92 Å². The van der Waals surface area contributed by atoms with E-state index in [0.717, 1.165) is 12.8 Å². The Morgan fingerprint density at radius 2 is 1.29 bits per heavy atom. The minimum absolute atomic E-state index is 0. The summed E-state index contributed by atoms with van der Waals surface area (Å²) in [5.74, 6) is 0. The van der Waals surface area contributed by atoms with Gasteiger partial charge in [-0.15, -0.1) is 11.6 Å². The Balaban J connectivity index is 0. The fraction of sp³-hybridized carbons (Fsp3) is 1.00. The van der Waals surface area contributed by atoms with Crippen LogP contribution in [0.15, 0.2) is 0 Å². The molecule has 0 saturated heterocycles. The van der Waals surface area contributed by atoms with Crippen LogP contribution in [-0.4, -0.2) is 17.1 Å². The maximum absolute atomic E-state index is 8.70. The lowest BCUT2D eigenvalue weighted by molar-refractivity contribution is 0.283. The second kappa shape index (κ2) is 16.2. The fourth-order valence-electron chi connectivity index (χ4n) is 1.96. The Labute approximate surface area is 113 Å². The zero-order valence-corrected chi connectivity index (χ0v) is 12.4. The van der Waals surface area contributed by atoms with E-state index in [1.54, 1.807) is 0 Å². The van der Waals surface area contributed by atoms with Crippen LogP contribution in [-0.2, 0) is 0 Å². The van der Waals surface area contributed by atoms with E-state index in [1.807, 2.05) is 0 Å². The van der Waals surface area contributed by atoms with E-state index in [0.29, 0.717) is 0 Å². The Morgan fingerprint density at radius 1 is 0.824 bits per heavy atom. The number of aliphatic hydroxyl groups is 1. The van der Waals surface area contributed by atoms with Gasteiger partial charge in [0, 0.05) is 12.0 Å². The lowest BCUT2D eigenvalue weighted by atomic mass is 10.1. The van der Waals surface area contributed by atoms with Gasteiger partial charge in [0.2, 0.25) is 0 Å². The summed E-state index contributed by atoms with van der Waals surface area (Å²) in [5.41, 5.74) is 0. The Kier molecular flexibility index (Phi) is 18.6. The van der Waals surface area contributed by atoms with Gasteiger partial charge in [-0.05, 0) is 12.8 Å². The van der Waals surface area contributed by atoms with E-state index in [-0.39, 0.29) is 18.1 Å². The first-order chi connectivity index (χ1) is 7.81. The minimum Gasteiger partial charge on any atom is -0.396 e. The van der Waals surface area contributed by atoms with E-state index in [1.165, 1.54) is 57.8 Å².